The molecule has 2 heteroatoms. The summed E-state index contributed by atoms with van der Waals surface area (Å²) in [4.78, 5) is 0. The zero-order valence-corrected chi connectivity index (χ0v) is 17.6. The summed E-state index contributed by atoms with van der Waals surface area (Å²) < 4.78 is 2.06. The van der Waals surface area contributed by atoms with E-state index in [1.807, 2.05) is 12.3 Å². The van der Waals surface area contributed by atoms with Crippen molar-refractivity contribution in [1.29, 1.82) is 0 Å². The van der Waals surface area contributed by atoms with Gasteiger partial charge in [-0.25, -0.2) is 4.68 Å². The first kappa shape index (κ1) is 19.2. The van der Waals surface area contributed by atoms with Crippen LogP contribution >= 0.6 is 0 Å². The van der Waals surface area contributed by atoms with Crippen LogP contribution in [0.3, 0.4) is 0 Å². The molecule has 0 radical (unpaired) electrons. The van der Waals surface area contributed by atoms with Gasteiger partial charge in [0, 0.05) is 5.56 Å². The molecule has 1 heterocycles. The molecule has 3 aromatic carbocycles. The molecule has 2 nitrogen and oxygen atoms in total. The molecule has 146 valence electrons. The summed E-state index contributed by atoms with van der Waals surface area (Å²) in [5, 5.41) is 4.66. The van der Waals surface area contributed by atoms with Gasteiger partial charge in [-0.1, -0.05) is 88.4 Å². The molecule has 0 saturated heterocycles. The molecule has 4 rings (SSSR count). The highest BCUT2D eigenvalue weighted by atomic mass is 15.3. The minimum Gasteiger partial charge on any atom is -0.233 e. The molecule has 0 N–H and O–H groups in total. The molecule has 0 fully saturated rings. The van der Waals surface area contributed by atoms with Crippen LogP contribution < -0.4 is 0 Å². The Hall–Kier alpha value is -3.13. The van der Waals surface area contributed by atoms with Crippen molar-refractivity contribution < 1.29 is 0 Å². The second kappa shape index (κ2) is 8.08. The fourth-order valence-electron chi connectivity index (χ4n) is 3.96. The van der Waals surface area contributed by atoms with Crippen molar-refractivity contribution >= 4 is 0 Å². The lowest BCUT2D eigenvalue weighted by atomic mass is 9.84. The maximum absolute atomic E-state index is 4.66. The Morgan fingerprint density at radius 2 is 1.21 bits per heavy atom. The molecule has 0 bridgehead atoms. The lowest BCUT2D eigenvalue weighted by Gasteiger charge is -2.22. The lowest BCUT2D eigenvalue weighted by molar-refractivity contribution is 0.826. The second-order valence-electron chi connectivity index (χ2n) is 8.17. The third-order valence-corrected chi connectivity index (χ3v) is 5.45. The van der Waals surface area contributed by atoms with Gasteiger partial charge >= 0.3 is 0 Å². The molecular weight excluding hydrogens is 352 g/mol. The largest absolute Gasteiger partial charge is 0.233 e. The van der Waals surface area contributed by atoms with Gasteiger partial charge in [0.25, 0.3) is 0 Å². The third-order valence-electron chi connectivity index (χ3n) is 5.45. The monoisotopic (exact) mass is 380 g/mol. The molecule has 0 aliphatic rings. The van der Waals surface area contributed by atoms with E-state index in [1.54, 1.807) is 0 Å². The fraction of sp³-hybridized carbons (Fsp3) is 0.222. The Kier molecular flexibility index (Phi) is 5.35. The molecule has 0 aliphatic carbocycles. The van der Waals surface area contributed by atoms with Crippen LogP contribution in [0.4, 0.5) is 0 Å². The van der Waals surface area contributed by atoms with E-state index < -0.39 is 0 Å². The maximum Gasteiger partial charge on any atom is 0.0746 e. The van der Waals surface area contributed by atoms with E-state index in [4.69, 9.17) is 0 Å². The summed E-state index contributed by atoms with van der Waals surface area (Å²) >= 11 is 0. The van der Waals surface area contributed by atoms with Crippen molar-refractivity contribution in [3.05, 3.63) is 96.2 Å². The highest BCUT2D eigenvalue weighted by Crippen LogP contribution is 2.40. The number of aromatic nitrogens is 2. The number of benzene rings is 3. The molecule has 0 saturated carbocycles. The van der Waals surface area contributed by atoms with E-state index in [0.717, 1.165) is 11.4 Å². The molecule has 0 atom stereocenters. The second-order valence-corrected chi connectivity index (χ2v) is 8.17. The molecule has 0 aliphatic heterocycles. The van der Waals surface area contributed by atoms with Crippen LogP contribution in [0.25, 0.3) is 28.1 Å². The smallest absolute Gasteiger partial charge is 0.0746 e. The molecule has 29 heavy (non-hydrogen) atoms. The topological polar surface area (TPSA) is 17.8 Å². The quantitative estimate of drug-likeness (QED) is 0.351. The maximum atomic E-state index is 4.66. The van der Waals surface area contributed by atoms with Crippen LogP contribution in [0, 0.1) is 0 Å². The van der Waals surface area contributed by atoms with E-state index in [2.05, 4.69) is 110 Å². The van der Waals surface area contributed by atoms with E-state index in [0.29, 0.717) is 11.8 Å². The summed E-state index contributed by atoms with van der Waals surface area (Å²) in [6.07, 6.45) is 1.90. The van der Waals surface area contributed by atoms with Gasteiger partial charge in [0.1, 0.15) is 0 Å². The molecular formula is C27H28N2. The fourth-order valence-corrected chi connectivity index (χ4v) is 3.96. The Labute approximate surface area is 173 Å². The molecule has 4 aromatic rings. The average molecular weight is 381 g/mol. The predicted molar refractivity (Wildman–Crippen MR) is 123 cm³/mol. The van der Waals surface area contributed by atoms with Crippen molar-refractivity contribution in [2.24, 2.45) is 0 Å². The zero-order chi connectivity index (χ0) is 20.4. The standard InChI is InChI=1S/C27H28N2/c1-19(2)24-17-22(21-11-7-5-8-12-21)18-25(20(3)4)27(24)26-15-16-28-29(26)23-13-9-6-10-14-23/h5-20H,1-4H3. The Morgan fingerprint density at radius 1 is 0.655 bits per heavy atom. The van der Waals surface area contributed by atoms with Gasteiger partial charge < -0.3 is 0 Å². The number of rotatable bonds is 5. The highest BCUT2D eigenvalue weighted by molar-refractivity contribution is 5.77. The van der Waals surface area contributed by atoms with Crippen LogP contribution in [0.5, 0.6) is 0 Å². The van der Waals surface area contributed by atoms with Crippen LogP contribution in [0.2, 0.25) is 0 Å². The van der Waals surface area contributed by atoms with Gasteiger partial charge in [-0.05, 0) is 52.3 Å². The van der Waals surface area contributed by atoms with Gasteiger partial charge in [-0.15, -0.1) is 0 Å². The van der Waals surface area contributed by atoms with Crippen molar-refractivity contribution in [1.82, 2.24) is 9.78 Å². The van der Waals surface area contributed by atoms with E-state index in [1.165, 1.54) is 27.8 Å². The van der Waals surface area contributed by atoms with E-state index in [-0.39, 0.29) is 0 Å². The SMILES string of the molecule is CC(C)c1cc(-c2ccccc2)cc(C(C)C)c1-c1ccnn1-c1ccccc1. The Balaban J connectivity index is 1.98. The minimum atomic E-state index is 0.408. The predicted octanol–water partition coefficient (Wildman–Crippen LogP) is 7.45. The van der Waals surface area contributed by atoms with Crippen LogP contribution in [-0.2, 0) is 0 Å². The summed E-state index contributed by atoms with van der Waals surface area (Å²) in [7, 11) is 0. The van der Waals surface area contributed by atoms with Gasteiger partial charge in [0.05, 0.1) is 17.6 Å². The molecule has 0 spiro atoms. The van der Waals surface area contributed by atoms with Crippen LogP contribution in [0.1, 0.15) is 50.7 Å². The average Bonchev–Trinajstić information content (AvgIpc) is 3.23. The number of para-hydroxylation sites is 1. The van der Waals surface area contributed by atoms with Gasteiger partial charge in [-0.2, -0.15) is 5.10 Å². The van der Waals surface area contributed by atoms with Crippen LogP contribution in [0.15, 0.2) is 85.1 Å². The zero-order valence-electron chi connectivity index (χ0n) is 17.6. The highest BCUT2D eigenvalue weighted by Gasteiger charge is 2.21. The summed E-state index contributed by atoms with van der Waals surface area (Å²) in [6, 6.07) is 27.9. The Bertz CT molecular complexity index is 1060. The first-order valence-corrected chi connectivity index (χ1v) is 10.4. The summed E-state index contributed by atoms with van der Waals surface area (Å²) in [5.74, 6) is 0.815. The number of hydrogen-bond donors (Lipinski definition) is 0. The number of nitrogens with zero attached hydrogens (tertiary/aromatic N) is 2. The van der Waals surface area contributed by atoms with E-state index >= 15 is 0 Å². The van der Waals surface area contributed by atoms with Crippen LogP contribution in [-0.4, -0.2) is 9.78 Å². The Morgan fingerprint density at radius 3 is 1.76 bits per heavy atom. The van der Waals surface area contributed by atoms with E-state index in [9.17, 15) is 0 Å². The molecule has 0 unspecified atom stereocenters. The molecule has 0 amide bonds. The molecule has 1 aromatic heterocycles. The van der Waals surface area contributed by atoms with Crippen molar-refractivity contribution in [3.63, 3.8) is 0 Å². The van der Waals surface area contributed by atoms with Gasteiger partial charge in [0.2, 0.25) is 0 Å². The number of hydrogen-bond acceptors (Lipinski definition) is 1. The first-order chi connectivity index (χ1) is 14.1. The summed E-state index contributed by atoms with van der Waals surface area (Å²) in [5.41, 5.74) is 8.84. The third kappa shape index (κ3) is 3.75. The lowest BCUT2D eigenvalue weighted by Crippen LogP contribution is -2.06. The van der Waals surface area contributed by atoms with Gasteiger partial charge in [-0.3, -0.25) is 0 Å². The normalized spacial score (nSPS) is 11.4. The summed E-state index contributed by atoms with van der Waals surface area (Å²) in [6.45, 7) is 9.11. The van der Waals surface area contributed by atoms with Crippen molar-refractivity contribution in [2.75, 3.05) is 0 Å². The van der Waals surface area contributed by atoms with Crippen molar-refractivity contribution in [2.45, 2.75) is 39.5 Å². The first-order valence-electron chi connectivity index (χ1n) is 10.4. The van der Waals surface area contributed by atoms with Gasteiger partial charge in [0.15, 0.2) is 0 Å². The van der Waals surface area contributed by atoms with Crippen molar-refractivity contribution in [3.8, 4) is 28.1 Å². The minimum absolute atomic E-state index is 0.408.